The van der Waals surface area contributed by atoms with Gasteiger partial charge in [0.15, 0.2) is 11.5 Å². The molecule has 0 spiro atoms. The fourth-order valence-electron chi connectivity index (χ4n) is 5.61. The van der Waals surface area contributed by atoms with Crippen molar-refractivity contribution in [2.75, 3.05) is 0 Å². The monoisotopic (exact) mass is 457 g/mol. The third kappa shape index (κ3) is 4.56. The molecule has 2 aromatic rings. The number of allylic oxidation sites excluding steroid dienone is 12. The summed E-state index contributed by atoms with van der Waals surface area (Å²) in [6.45, 7) is 2.28. The third-order valence-corrected chi connectivity index (χ3v) is 7.59. The highest BCUT2D eigenvalue weighted by Gasteiger charge is 2.27. The zero-order chi connectivity index (χ0) is 23.6. The highest BCUT2D eigenvalue weighted by molar-refractivity contribution is 5.72. The van der Waals surface area contributed by atoms with Crippen LogP contribution in [-0.2, 0) is 0 Å². The Morgan fingerprint density at radius 1 is 1.00 bits per heavy atom. The molecule has 0 N–H and O–H groups in total. The molecule has 6 rings (SSSR count). The molecule has 4 aliphatic carbocycles. The molecule has 35 heavy (non-hydrogen) atoms. The number of nitrogens with zero attached hydrogens (tertiary/aromatic N) is 1. The summed E-state index contributed by atoms with van der Waals surface area (Å²) in [6, 6.07) is 8.09. The van der Waals surface area contributed by atoms with E-state index in [-0.39, 0.29) is 0 Å². The van der Waals surface area contributed by atoms with Crippen LogP contribution < -0.4 is 0 Å². The molecule has 0 fully saturated rings. The number of hydrogen-bond donors (Lipinski definition) is 0. The van der Waals surface area contributed by atoms with E-state index in [0.29, 0.717) is 5.92 Å². The lowest BCUT2D eigenvalue weighted by molar-refractivity contribution is 0.479. The Labute approximate surface area is 207 Å². The van der Waals surface area contributed by atoms with Gasteiger partial charge in [0.1, 0.15) is 5.52 Å². The van der Waals surface area contributed by atoms with Gasteiger partial charge in [-0.15, -0.1) is 11.5 Å². The SMILES string of the molecule is CC1=CCCC2=C=CC3=CC=C=CCCC3=CC(C3=CCC(c4nc5ccccc5o4)C3)=C2CC1. The van der Waals surface area contributed by atoms with E-state index in [2.05, 4.69) is 54.8 Å². The van der Waals surface area contributed by atoms with Gasteiger partial charge < -0.3 is 4.42 Å². The van der Waals surface area contributed by atoms with Gasteiger partial charge in [0, 0.05) is 5.92 Å². The summed E-state index contributed by atoms with van der Waals surface area (Å²) in [5, 5.41) is 0. The topological polar surface area (TPSA) is 26.0 Å². The number of fused-ring (bicyclic) bond motifs is 3. The summed E-state index contributed by atoms with van der Waals surface area (Å²) < 4.78 is 6.18. The highest BCUT2D eigenvalue weighted by atomic mass is 16.3. The molecule has 4 aliphatic rings. The van der Waals surface area contributed by atoms with Crippen molar-refractivity contribution in [3.05, 3.63) is 123 Å². The van der Waals surface area contributed by atoms with Crippen molar-refractivity contribution < 1.29 is 4.42 Å². The molecule has 0 aliphatic heterocycles. The van der Waals surface area contributed by atoms with E-state index in [1.807, 2.05) is 30.3 Å². The number of aromatic nitrogens is 1. The van der Waals surface area contributed by atoms with Gasteiger partial charge >= 0.3 is 0 Å². The number of rotatable bonds is 2. The Morgan fingerprint density at radius 2 is 1.94 bits per heavy atom. The van der Waals surface area contributed by atoms with Crippen LogP contribution in [0.25, 0.3) is 11.1 Å². The van der Waals surface area contributed by atoms with Gasteiger partial charge in [-0.1, -0.05) is 35.9 Å². The van der Waals surface area contributed by atoms with Crippen molar-refractivity contribution >= 4 is 11.1 Å². The summed E-state index contributed by atoms with van der Waals surface area (Å²) >= 11 is 0. The first-order valence-electron chi connectivity index (χ1n) is 13.0. The lowest BCUT2D eigenvalue weighted by Crippen LogP contribution is -2.04. The van der Waals surface area contributed by atoms with Crippen LogP contribution in [-0.4, -0.2) is 4.98 Å². The standard InChI is InChI=1S/C33H31NO/c1-23-9-8-12-25-17-16-24-10-4-2-3-5-11-26(24)22-30(29(25)20-15-23)27-18-19-28(21-27)33-34-31-13-6-7-14-32(31)35-33/h3-4,6-7,9-10,13-14,16,18,22,28H,5,8,11-12,15,19-21H2,1H3. The van der Waals surface area contributed by atoms with Crippen molar-refractivity contribution in [1.82, 2.24) is 4.98 Å². The second-order valence-electron chi connectivity index (χ2n) is 10.0. The molecule has 1 aromatic heterocycles. The van der Waals surface area contributed by atoms with Gasteiger partial charge in [-0.3, -0.25) is 0 Å². The largest absolute Gasteiger partial charge is 0.440 e. The van der Waals surface area contributed by atoms with Gasteiger partial charge in [-0.25, -0.2) is 4.98 Å². The predicted octanol–water partition coefficient (Wildman–Crippen LogP) is 8.90. The van der Waals surface area contributed by atoms with Crippen molar-refractivity contribution in [2.24, 2.45) is 0 Å². The maximum absolute atomic E-state index is 6.18. The normalized spacial score (nSPS) is 22.4. The first kappa shape index (κ1) is 21.9. The van der Waals surface area contributed by atoms with E-state index in [4.69, 9.17) is 9.40 Å². The minimum atomic E-state index is 0.297. The van der Waals surface area contributed by atoms with E-state index >= 15 is 0 Å². The van der Waals surface area contributed by atoms with Crippen LogP contribution in [0.5, 0.6) is 0 Å². The average molecular weight is 458 g/mol. The molecule has 1 atom stereocenters. The summed E-state index contributed by atoms with van der Waals surface area (Å²) in [6.07, 6.45) is 24.2. The number of oxazole rings is 1. The van der Waals surface area contributed by atoms with Crippen LogP contribution >= 0.6 is 0 Å². The molecule has 174 valence electrons. The molecule has 1 aromatic carbocycles. The second kappa shape index (κ2) is 9.59. The van der Waals surface area contributed by atoms with Crippen LogP contribution in [0.1, 0.15) is 70.1 Å². The van der Waals surface area contributed by atoms with E-state index in [1.54, 1.807) is 0 Å². The Balaban J connectivity index is 1.42. The van der Waals surface area contributed by atoms with Crippen molar-refractivity contribution in [2.45, 2.75) is 64.2 Å². The smallest absolute Gasteiger partial charge is 0.199 e. The number of benzene rings is 1. The van der Waals surface area contributed by atoms with Crippen LogP contribution in [0.3, 0.4) is 0 Å². The molecule has 2 heteroatoms. The maximum atomic E-state index is 6.18. The molecule has 0 saturated carbocycles. The van der Waals surface area contributed by atoms with E-state index in [1.165, 1.54) is 39.0 Å². The molecule has 1 unspecified atom stereocenters. The third-order valence-electron chi connectivity index (χ3n) is 7.59. The number of hydrogen-bond acceptors (Lipinski definition) is 2. The van der Waals surface area contributed by atoms with E-state index < -0.39 is 0 Å². The molecule has 2 nitrogen and oxygen atoms in total. The zero-order valence-corrected chi connectivity index (χ0v) is 20.4. The van der Waals surface area contributed by atoms with Gasteiger partial charge in [0.05, 0.1) is 0 Å². The Bertz CT molecular complexity index is 1430. The van der Waals surface area contributed by atoms with Crippen LogP contribution in [0.4, 0.5) is 0 Å². The van der Waals surface area contributed by atoms with E-state index in [0.717, 1.165) is 68.4 Å². The van der Waals surface area contributed by atoms with Crippen LogP contribution in [0, 0.1) is 0 Å². The lowest BCUT2D eigenvalue weighted by Gasteiger charge is -2.22. The lowest BCUT2D eigenvalue weighted by atomic mass is 9.82. The van der Waals surface area contributed by atoms with Gasteiger partial charge in [-0.2, -0.15) is 0 Å². The second-order valence-corrected chi connectivity index (χ2v) is 10.0. The summed E-state index contributed by atoms with van der Waals surface area (Å²) in [7, 11) is 0. The van der Waals surface area contributed by atoms with Crippen molar-refractivity contribution in [3.8, 4) is 0 Å². The van der Waals surface area contributed by atoms with Crippen LogP contribution in [0.2, 0.25) is 0 Å². The molecule has 0 radical (unpaired) electrons. The first-order chi connectivity index (χ1) is 17.2. The summed E-state index contributed by atoms with van der Waals surface area (Å²) in [5.74, 6) is 1.17. The fourth-order valence-corrected chi connectivity index (χ4v) is 5.61. The minimum Gasteiger partial charge on any atom is -0.440 e. The quantitative estimate of drug-likeness (QED) is 0.332. The number of para-hydroxylation sites is 2. The fraction of sp³-hybridized carbons (Fsp3) is 0.303. The summed E-state index contributed by atoms with van der Waals surface area (Å²) in [5.41, 5.74) is 18.7. The van der Waals surface area contributed by atoms with Gasteiger partial charge in [0.2, 0.25) is 0 Å². The molecule has 0 amide bonds. The molecular formula is C33H31NO. The van der Waals surface area contributed by atoms with Gasteiger partial charge in [-0.05, 0) is 128 Å². The zero-order valence-electron chi connectivity index (χ0n) is 20.4. The van der Waals surface area contributed by atoms with E-state index in [9.17, 15) is 0 Å². The Kier molecular flexibility index (Phi) is 6.01. The molecule has 0 bridgehead atoms. The first-order valence-corrected chi connectivity index (χ1v) is 13.0. The van der Waals surface area contributed by atoms with Crippen molar-refractivity contribution in [1.29, 1.82) is 0 Å². The molecule has 1 heterocycles. The Hall–Kier alpha value is -3.57. The average Bonchev–Trinajstić information content (AvgIpc) is 3.48. The molecule has 0 saturated heterocycles. The molecular weight excluding hydrogens is 426 g/mol. The van der Waals surface area contributed by atoms with Crippen LogP contribution in [0.15, 0.2) is 122 Å². The maximum Gasteiger partial charge on any atom is 0.199 e. The van der Waals surface area contributed by atoms with Crippen molar-refractivity contribution in [3.63, 3.8) is 0 Å². The Morgan fingerprint density at radius 3 is 2.89 bits per heavy atom. The summed E-state index contributed by atoms with van der Waals surface area (Å²) in [4.78, 5) is 4.83. The van der Waals surface area contributed by atoms with Gasteiger partial charge in [0.25, 0.3) is 0 Å². The highest BCUT2D eigenvalue weighted by Crippen LogP contribution is 2.43. The predicted molar refractivity (Wildman–Crippen MR) is 143 cm³/mol. The minimum absolute atomic E-state index is 0.297.